The molecule has 250 valence electrons. The average molecular weight is 642 g/mol. The molecule has 0 aliphatic rings. The molecule has 0 saturated carbocycles. The van der Waals surface area contributed by atoms with Crippen molar-refractivity contribution < 1.29 is 0 Å². The Kier molecular flexibility index (Phi) is 9.21. The van der Waals surface area contributed by atoms with Crippen LogP contribution in [0, 0.1) is 0 Å². The van der Waals surface area contributed by atoms with E-state index in [1.165, 1.54) is 0 Å². The number of pyridine rings is 5. The van der Waals surface area contributed by atoms with Gasteiger partial charge in [0.1, 0.15) is 34.9 Å². The SMILES string of the molecule is CC(C)(C)c1cccc(N(c2cccc(N(c3cccc(C(C)(C)C)n3)c3cccc(C(C)(C)C)n3)n2)c2cccc(C(C)(C)C)n2)n1. The van der Waals surface area contributed by atoms with Crippen molar-refractivity contribution in [3.8, 4) is 0 Å². The quantitative estimate of drug-likeness (QED) is 0.183. The van der Waals surface area contributed by atoms with Gasteiger partial charge in [-0.3, -0.25) is 9.80 Å². The van der Waals surface area contributed by atoms with Crippen LogP contribution in [-0.2, 0) is 21.7 Å². The van der Waals surface area contributed by atoms with Crippen LogP contribution in [0.1, 0.15) is 106 Å². The highest BCUT2D eigenvalue weighted by Crippen LogP contribution is 2.38. The second kappa shape index (κ2) is 12.8. The summed E-state index contributed by atoms with van der Waals surface area (Å²) in [7, 11) is 0. The fourth-order valence-electron chi connectivity index (χ4n) is 5.23. The summed E-state index contributed by atoms with van der Waals surface area (Å²) in [5.74, 6) is 4.37. The van der Waals surface area contributed by atoms with E-state index in [2.05, 4.69) is 132 Å². The first-order valence-corrected chi connectivity index (χ1v) is 16.8. The van der Waals surface area contributed by atoms with Crippen LogP contribution in [0.4, 0.5) is 34.9 Å². The van der Waals surface area contributed by atoms with Crippen molar-refractivity contribution in [2.45, 2.75) is 105 Å². The minimum atomic E-state index is -0.137. The van der Waals surface area contributed by atoms with Gasteiger partial charge in [-0.25, -0.2) is 24.9 Å². The third-order valence-electron chi connectivity index (χ3n) is 8.11. The van der Waals surface area contributed by atoms with Crippen molar-refractivity contribution in [2.24, 2.45) is 0 Å². The van der Waals surface area contributed by atoms with Gasteiger partial charge in [0.15, 0.2) is 0 Å². The second-order valence-electron chi connectivity index (χ2n) is 16.5. The Morgan fingerprint density at radius 3 is 0.688 bits per heavy atom. The maximum absolute atomic E-state index is 5.34. The van der Waals surface area contributed by atoms with Crippen LogP contribution in [0.5, 0.6) is 0 Å². The van der Waals surface area contributed by atoms with E-state index in [9.17, 15) is 0 Å². The van der Waals surface area contributed by atoms with Crippen LogP contribution in [0.3, 0.4) is 0 Å². The van der Waals surface area contributed by atoms with Gasteiger partial charge in [-0.05, 0) is 60.7 Å². The molecular formula is C41H51N7. The molecule has 0 aliphatic carbocycles. The van der Waals surface area contributed by atoms with Gasteiger partial charge in [0.25, 0.3) is 0 Å². The first-order chi connectivity index (χ1) is 22.3. The summed E-state index contributed by atoms with van der Waals surface area (Å²) in [5.41, 5.74) is 3.40. The molecule has 5 aromatic rings. The monoisotopic (exact) mass is 641 g/mol. The molecular weight excluding hydrogens is 591 g/mol. The standard InChI is InChI=1S/C41H51N7/c1-38(2,3)28-18-13-22-32(42-28)47(33-23-14-19-29(43-33)39(4,5)6)36-26-17-27-37(46-36)48(34-24-15-20-30(44-34)40(7,8)9)35-25-16-21-31(45-35)41(10,11)12/h13-27H,1-12H3. The molecule has 0 fully saturated rings. The summed E-state index contributed by atoms with van der Waals surface area (Å²) in [6.07, 6.45) is 0. The molecule has 7 heteroatoms. The Morgan fingerprint density at radius 2 is 0.479 bits per heavy atom. The number of hydrogen-bond donors (Lipinski definition) is 0. The highest BCUT2D eigenvalue weighted by Gasteiger charge is 2.26. The van der Waals surface area contributed by atoms with Crippen LogP contribution in [0.25, 0.3) is 0 Å². The van der Waals surface area contributed by atoms with Crippen LogP contribution in [0.15, 0.2) is 91.0 Å². The lowest BCUT2D eigenvalue weighted by Gasteiger charge is -2.29. The molecule has 0 aromatic carbocycles. The van der Waals surface area contributed by atoms with Crippen molar-refractivity contribution in [2.75, 3.05) is 9.80 Å². The van der Waals surface area contributed by atoms with Crippen molar-refractivity contribution >= 4 is 34.9 Å². The van der Waals surface area contributed by atoms with Gasteiger partial charge < -0.3 is 0 Å². The van der Waals surface area contributed by atoms with E-state index in [-0.39, 0.29) is 21.7 Å². The third-order valence-corrected chi connectivity index (χ3v) is 8.11. The van der Waals surface area contributed by atoms with E-state index in [4.69, 9.17) is 24.9 Å². The lowest BCUT2D eigenvalue weighted by molar-refractivity contribution is 0.567. The normalized spacial score (nSPS) is 12.6. The predicted octanol–water partition coefficient (Wildman–Crippen LogP) is 10.8. The van der Waals surface area contributed by atoms with E-state index in [1.807, 2.05) is 52.3 Å². The summed E-state index contributed by atoms with van der Waals surface area (Å²) >= 11 is 0. The molecule has 5 heterocycles. The van der Waals surface area contributed by atoms with Crippen molar-refractivity contribution in [1.29, 1.82) is 0 Å². The van der Waals surface area contributed by atoms with E-state index < -0.39 is 0 Å². The number of aromatic nitrogens is 5. The van der Waals surface area contributed by atoms with Gasteiger partial charge in [0.05, 0.1) is 0 Å². The number of rotatable bonds is 6. The van der Waals surface area contributed by atoms with Crippen molar-refractivity contribution in [3.63, 3.8) is 0 Å². The first kappa shape index (κ1) is 34.7. The summed E-state index contributed by atoms with van der Waals surface area (Å²) < 4.78 is 0. The summed E-state index contributed by atoms with van der Waals surface area (Å²) in [4.78, 5) is 30.1. The molecule has 48 heavy (non-hydrogen) atoms. The Bertz CT molecular complexity index is 1640. The van der Waals surface area contributed by atoms with Gasteiger partial charge in [0.2, 0.25) is 0 Å². The van der Waals surface area contributed by atoms with Gasteiger partial charge in [-0.1, -0.05) is 113 Å². The Morgan fingerprint density at radius 1 is 0.292 bits per heavy atom. The maximum atomic E-state index is 5.34. The molecule has 0 atom stereocenters. The molecule has 5 rings (SSSR count). The Hall–Kier alpha value is -4.65. The Balaban J connectivity index is 1.75. The van der Waals surface area contributed by atoms with Crippen molar-refractivity contribution in [1.82, 2.24) is 24.9 Å². The molecule has 0 N–H and O–H groups in total. The zero-order valence-electron chi connectivity index (χ0n) is 30.8. The lowest BCUT2D eigenvalue weighted by atomic mass is 9.91. The third kappa shape index (κ3) is 7.73. The zero-order valence-corrected chi connectivity index (χ0v) is 30.8. The highest BCUT2D eigenvalue weighted by atomic mass is 15.3. The molecule has 0 spiro atoms. The summed E-state index contributed by atoms with van der Waals surface area (Å²) in [5, 5.41) is 0. The topological polar surface area (TPSA) is 70.9 Å². The van der Waals surface area contributed by atoms with Crippen LogP contribution < -0.4 is 9.80 Å². The summed E-state index contributed by atoms with van der Waals surface area (Å²) in [6, 6.07) is 30.7. The molecule has 0 radical (unpaired) electrons. The predicted molar refractivity (Wildman–Crippen MR) is 200 cm³/mol. The smallest absolute Gasteiger partial charge is 0.142 e. The molecule has 0 saturated heterocycles. The van der Waals surface area contributed by atoms with E-state index >= 15 is 0 Å². The molecule has 0 aliphatic heterocycles. The minimum Gasteiger partial charge on any atom is -0.262 e. The van der Waals surface area contributed by atoms with E-state index in [0.717, 1.165) is 46.0 Å². The average Bonchev–Trinajstić information content (AvgIpc) is 3.01. The number of anilines is 6. The van der Waals surface area contributed by atoms with Gasteiger partial charge in [-0.15, -0.1) is 0 Å². The number of nitrogens with zero attached hydrogens (tertiary/aromatic N) is 7. The molecule has 5 aromatic heterocycles. The molecule has 0 bridgehead atoms. The number of hydrogen-bond acceptors (Lipinski definition) is 7. The first-order valence-electron chi connectivity index (χ1n) is 16.8. The molecule has 0 amide bonds. The second-order valence-corrected chi connectivity index (χ2v) is 16.5. The molecule has 0 unspecified atom stereocenters. The fourth-order valence-corrected chi connectivity index (χ4v) is 5.23. The van der Waals surface area contributed by atoms with E-state index in [1.54, 1.807) is 0 Å². The van der Waals surface area contributed by atoms with Gasteiger partial charge in [0, 0.05) is 44.4 Å². The minimum absolute atomic E-state index is 0.137. The van der Waals surface area contributed by atoms with Gasteiger partial charge >= 0.3 is 0 Å². The van der Waals surface area contributed by atoms with Gasteiger partial charge in [-0.2, -0.15) is 0 Å². The van der Waals surface area contributed by atoms with Crippen LogP contribution >= 0.6 is 0 Å². The largest absolute Gasteiger partial charge is 0.262 e. The van der Waals surface area contributed by atoms with Crippen LogP contribution in [-0.4, -0.2) is 24.9 Å². The fraction of sp³-hybridized carbons (Fsp3) is 0.390. The Labute approximate surface area is 287 Å². The molecule has 7 nitrogen and oxygen atoms in total. The van der Waals surface area contributed by atoms with E-state index in [0.29, 0.717) is 11.6 Å². The zero-order chi connectivity index (χ0) is 35.1. The maximum Gasteiger partial charge on any atom is 0.142 e. The summed E-state index contributed by atoms with van der Waals surface area (Å²) in [6.45, 7) is 26.1. The van der Waals surface area contributed by atoms with Crippen molar-refractivity contribution in [3.05, 3.63) is 114 Å². The van der Waals surface area contributed by atoms with Crippen LogP contribution in [0.2, 0.25) is 0 Å². The lowest BCUT2D eigenvalue weighted by Crippen LogP contribution is -2.22. The highest BCUT2D eigenvalue weighted by molar-refractivity contribution is 5.75.